The molecule has 253 valence electrons. The summed E-state index contributed by atoms with van der Waals surface area (Å²) in [5.74, 6) is 8.19. The van der Waals surface area contributed by atoms with Crippen LogP contribution in [-0.4, -0.2) is 23.2 Å². The van der Waals surface area contributed by atoms with Crippen molar-refractivity contribution in [3.8, 4) is 22.5 Å². The first-order valence-corrected chi connectivity index (χ1v) is 24.5. The molecule has 0 spiro atoms. The van der Waals surface area contributed by atoms with Crippen LogP contribution in [0.15, 0.2) is 120 Å². The maximum atomic E-state index is 6.33. The Morgan fingerprint density at radius 1 is 0.620 bits per heavy atom. The normalized spacial score (nSPS) is 11.7. The molecule has 0 bridgehead atoms. The van der Waals surface area contributed by atoms with Crippen molar-refractivity contribution in [1.82, 2.24) is 9.97 Å². The van der Waals surface area contributed by atoms with Crippen LogP contribution in [0.3, 0.4) is 0 Å². The van der Waals surface area contributed by atoms with E-state index in [-0.39, 0.29) is 20.1 Å². The Balaban J connectivity index is 0.000000171. The van der Waals surface area contributed by atoms with Crippen molar-refractivity contribution in [3.63, 3.8) is 0 Å². The molecule has 0 amide bonds. The second kappa shape index (κ2) is 14.6. The van der Waals surface area contributed by atoms with Gasteiger partial charge in [-0.05, 0) is 23.1 Å². The van der Waals surface area contributed by atoms with Gasteiger partial charge in [-0.2, -0.15) is 0 Å². The largest absolute Gasteiger partial charge is 0 e. The van der Waals surface area contributed by atoms with E-state index in [4.69, 9.17) is 4.42 Å². The van der Waals surface area contributed by atoms with Gasteiger partial charge >= 0.3 is 158 Å². The topological polar surface area (TPSA) is 38.9 Å². The van der Waals surface area contributed by atoms with Crippen LogP contribution < -0.4 is 4.40 Å². The maximum Gasteiger partial charge on any atom is 0 e. The number of furan rings is 1. The van der Waals surface area contributed by atoms with E-state index < -0.39 is 13.3 Å². The molecule has 0 fully saturated rings. The van der Waals surface area contributed by atoms with E-state index in [9.17, 15) is 0 Å². The number of nitrogens with zero attached hydrogens (tertiary/aromatic N) is 2. The number of aromatic nitrogens is 2. The van der Waals surface area contributed by atoms with Gasteiger partial charge in [-0.1, -0.05) is 72.6 Å². The molecule has 3 heterocycles. The van der Waals surface area contributed by atoms with Crippen LogP contribution in [-0.2, 0) is 20.1 Å². The zero-order valence-electron chi connectivity index (χ0n) is 29.8. The van der Waals surface area contributed by atoms with Crippen molar-refractivity contribution in [2.75, 3.05) is 0 Å². The third kappa shape index (κ3) is 7.21. The number of rotatable bonds is 5. The standard InChI is InChI=1S/C23H24GeNO.C22H18N.Ir/c1-15(2)16-11-12-25-21(13-16)20-8-6-7-19-18-10-9-17(24(3,4)5)14-22(18)26-23(19)20;1-15(2)17-11-12-23-22(14-17)19-9-10-21-18(13-19)8-7-16-5-3-4-6-20(16)21;/h6-7,9-15H,1-5H3;3-8,10-15H,1-2H3;/q2*-1;. The maximum absolute atomic E-state index is 6.33. The Bertz CT molecular complexity index is 2460. The summed E-state index contributed by atoms with van der Waals surface area (Å²) >= 11 is -1.89. The number of pyridine rings is 2. The second-order valence-corrected chi connectivity index (χ2v) is 25.2. The third-order valence-corrected chi connectivity index (χ3v) is 13.7. The van der Waals surface area contributed by atoms with Gasteiger partial charge in [0.2, 0.25) is 0 Å². The SMILES string of the molecule is CC(C)c1ccnc(-c2[c-]cc3c(ccc4ccccc43)c2)c1.CC(C)c1ccnc(-c2[c-]ccc3c2oc2c[c]([Ge]([CH3])([CH3])[CH3])ccc23)c1.[Ir]. The van der Waals surface area contributed by atoms with Crippen molar-refractivity contribution in [3.05, 3.63) is 139 Å². The predicted molar refractivity (Wildman–Crippen MR) is 210 cm³/mol. The van der Waals surface area contributed by atoms with E-state index in [0.717, 1.165) is 39.1 Å². The van der Waals surface area contributed by atoms with Crippen LogP contribution in [0.2, 0.25) is 17.3 Å². The number of benzene rings is 5. The molecule has 0 aliphatic carbocycles. The van der Waals surface area contributed by atoms with Crippen LogP contribution in [0.25, 0.3) is 66.0 Å². The minimum atomic E-state index is -1.89. The average Bonchev–Trinajstić information content (AvgIpc) is 3.49. The molecule has 3 nitrogen and oxygen atoms in total. The van der Waals surface area contributed by atoms with E-state index in [1.807, 2.05) is 18.5 Å². The van der Waals surface area contributed by atoms with Crippen LogP contribution in [0, 0.1) is 12.1 Å². The van der Waals surface area contributed by atoms with E-state index in [0.29, 0.717) is 11.8 Å². The Hall–Kier alpha value is -4.09. The van der Waals surface area contributed by atoms with Gasteiger partial charge in [-0.3, -0.25) is 0 Å². The van der Waals surface area contributed by atoms with Gasteiger partial charge in [0.05, 0.1) is 0 Å². The molecule has 5 aromatic carbocycles. The molecule has 0 aliphatic heterocycles. The van der Waals surface area contributed by atoms with Crippen molar-refractivity contribution in [2.24, 2.45) is 0 Å². The fraction of sp³-hybridized carbons (Fsp3) is 0.200. The zero-order chi connectivity index (χ0) is 34.3. The molecular formula is C45H42GeIrN2O-2. The Labute approximate surface area is 311 Å². The van der Waals surface area contributed by atoms with Crippen LogP contribution >= 0.6 is 0 Å². The first-order chi connectivity index (χ1) is 23.6. The number of hydrogen-bond donors (Lipinski definition) is 0. The van der Waals surface area contributed by atoms with Gasteiger partial charge in [-0.15, -0.1) is 29.1 Å². The van der Waals surface area contributed by atoms with Crippen LogP contribution in [0.1, 0.15) is 50.7 Å². The van der Waals surface area contributed by atoms with Gasteiger partial charge < -0.3 is 4.98 Å². The predicted octanol–water partition coefficient (Wildman–Crippen LogP) is 12.1. The quantitative estimate of drug-likeness (QED) is 0.0982. The summed E-state index contributed by atoms with van der Waals surface area (Å²) in [6.45, 7) is 8.80. The molecule has 5 heteroatoms. The summed E-state index contributed by atoms with van der Waals surface area (Å²) in [5.41, 5.74) is 8.35. The van der Waals surface area contributed by atoms with E-state index in [2.05, 4.69) is 164 Å². The second-order valence-electron chi connectivity index (χ2n) is 14.6. The minimum absolute atomic E-state index is 0. The summed E-state index contributed by atoms with van der Waals surface area (Å²) < 4.78 is 7.79. The van der Waals surface area contributed by atoms with E-state index in [1.54, 1.807) is 0 Å². The fourth-order valence-corrected chi connectivity index (χ4v) is 8.80. The summed E-state index contributed by atoms with van der Waals surface area (Å²) in [7, 11) is 0. The zero-order valence-corrected chi connectivity index (χ0v) is 34.3. The molecule has 50 heavy (non-hydrogen) atoms. The molecule has 0 saturated heterocycles. The van der Waals surface area contributed by atoms with E-state index >= 15 is 0 Å². The molecular weight excluding hydrogens is 849 g/mol. The van der Waals surface area contributed by atoms with Gasteiger partial charge in [0.25, 0.3) is 0 Å². The molecule has 8 aromatic rings. The molecule has 3 aromatic heterocycles. The van der Waals surface area contributed by atoms with Crippen molar-refractivity contribution in [1.29, 1.82) is 0 Å². The fourth-order valence-electron chi connectivity index (χ4n) is 6.39. The smallest absolute Gasteiger partial charge is 0 e. The van der Waals surface area contributed by atoms with Gasteiger partial charge in [-0.25, -0.2) is 0 Å². The summed E-state index contributed by atoms with van der Waals surface area (Å²) in [6.07, 6.45) is 3.77. The average molecular weight is 892 g/mol. The molecule has 0 aliphatic rings. The van der Waals surface area contributed by atoms with Gasteiger partial charge in [0, 0.05) is 26.3 Å². The van der Waals surface area contributed by atoms with Gasteiger partial charge in [0.15, 0.2) is 0 Å². The van der Waals surface area contributed by atoms with Crippen molar-refractivity contribution < 1.29 is 24.5 Å². The molecule has 0 N–H and O–H groups in total. The molecule has 8 rings (SSSR count). The summed E-state index contributed by atoms with van der Waals surface area (Å²) in [6, 6.07) is 43.2. The minimum Gasteiger partial charge on any atom is 0 e. The molecule has 1 radical (unpaired) electrons. The Morgan fingerprint density at radius 3 is 2.02 bits per heavy atom. The number of hydrogen-bond acceptors (Lipinski definition) is 3. The van der Waals surface area contributed by atoms with Gasteiger partial charge in [0.1, 0.15) is 0 Å². The first kappa shape index (κ1) is 35.7. The molecule has 0 atom stereocenters. The molecule has 0 saturated carbocycles. The summed E-state index contributed by atoms with van der Waals surface area (Å²) in [4.78, 5) is 9.12. The number of fused-ring (bicyclic) bond motifs is 6. The molecule has 0 unspecified atom stereocenters. The Kier molecular flexibility index (Phi) is 10.5. The van der Waals surface area contributed by atoms with E-state index in [1.165, 1.54) is 42.5 Å². The Morgan fingerprint density at radius 2 is 1.30 bits per heavy atom. The first-order valence-electron chi connectivity index (χ1n) is 17.2. The van der Waals surface area contributed by atoms with Crippen LogP contribution in [0.5, 0.6) is 0 Å². The third-order valence-electron chi connectivity index (χ3n) is 9.41. The monoisotopic (exact) mass is 893 g/mol. The summed E-state index contributed by atoms with van der Waals surface area (Å²) in [5, 5.41) is 7.32. The van der Waals surface area contributed by atoms with Crippen LogP contribution in [0.4, 0.5) is 0 Å². The van der Waals surface area contributed by atoms with Crippen molar-refractivity contribution in [2.45, 2.75) is 56.8 Å². The van der Waals surface area contributed by atoms with Crippen molar-refractivity contribution >= 4 is 61.1 Å².